The number of fused-ring (bicyclic) bond motifs is 1. The number of benzene rings is 1. The number of carbonyl (C=O) groups excluding carboxylic acids is 1. The molecule has 2 rings (SSSR count). The molecule has 1 heterocycles. The molecule has 0 saturated heterocycles. The summed E-state index contributed by atoms with van der Waals surface area (Å²) in [5.41, 5.74) is 7.62. The van der Waals surface area contributed by atoms with E-state index in [1.54, 1.807) is 0 Å². The highest BCUT2D eigenvalue weighted by atomic mass is 16.3. The first-order valence-electron chi connectivity index (χ1n) is 7.48. The molecule has 5 heteroatoms. The van der Waals surface area contributed by atoms with Crippen molar-refractivity contribution in [1.29, 1.82) is 0 Å². The number of nitrogens with zero attached hydrogens (tertiary/aromatic N) is 2. The van der Waals surface area contributed by atoms with Gasteiger partial charge in [0.2, 0.25) is 5.91 Å². The smallest absolute Gasteiger partial charge is 0.227 e. The lowest BCUT2D eigenvalue weighted by molar-refractivity contribution is -0.119. The Labute approximate surface area is 126 Å². The Morgan fingerprint density at radius 1 is 1.38 bits per heavy atom. The number of amides is 1. The van der Waals surface area contributed by atoms with Crippen LogP contribution in [0.5, 0.6) is 0 Å². The summed E-state index contributed by atoms with van der Waals surface area (Å²) in [6.45, 7) is 4.04. The normalized spacial score (nSPS) is 19.9. The van der Waals surface area contributed by atoms with Gasteiger partial charge < -0.3 is 20.6 Å². The number of hydrogen-bond donors (Lipinski definition) is 2. The van der Waals surface area contributed by atoms with Crippen LogP contribution in [0, 0.1) is 11.8 Å². The Kier molecular flexibility index (Phi) is 5.20. The van der Waals surface area contributed by atoms with Gasteiger partial charge in [-0.15, -0.1) is 0 Å². The van der Waals surface area contributed by atoms with Gasteiger partial charge in [-0.05, 0) is 24.6 Å². The molecule has 1 aromatic rings. The minimum absolute atomic E-state index is 0.0362. The summed E-state index contributed by atoms with van der Waals surface area (Å²) in [7, 11) is 2.06. The zero-order valence-electron chi connectivity index (χ0n) is 12.8. The van der Waals surface area contributed by atoms with E-state index in [1.165, 1.54) is 0 Å². The third-order valence-corrected chi connectivity index (χ3v) is 4.02. The zero-order valence-corrected chi connectivity index (χ0v) is 12.8. The van der Waals surface area contributed by atoms with Crippen LogP contribution in [0.4, 0.5) is 11.4 Å². The SMILES string of the molecule is CC1CN(C)c2ccccc2N(C(=O)CC(CN)CO)C1. The van der Waals surface area contributed by atoms with Gasteiger partial charge in [-0.25, -0.2) is 0 Å². The third kappa shape index (κ3) is 3.54. The van der Waals surface area contributed by atoms with Gasteiger partial charge in [0.05, 0.1) is 11.4 Å². The second-order valence-electron chi connectivity index (χ2n) is 5.97. The highest BCUT2D eigenvalue weighted by Gasteiger charge is 2.27. The number of nitrogens with two attached hydrogens (primary N) is 1. The van der Waals surface area contributed by atoms with E-state index in [9.17, 15) is 9.90 Å². The van der Waals surface area contributed by atoms with E-state index in [-0.39, 0.29) is 24.9 Å². The van der Waals surface area contributed by atoms with Gasteiger partial charge in [0.25, 0.3) is 0 Å². The lowest BCUT2D eigenvalue weighted by Gasteiger charge is -2.26. The second-order valence-corrected chi connectivity index (χ2v) is 5.97. The van der Waals surface area contributed by atoms with Gasteiger partial charge in [0, 0.05) is 39.1 Å². The molecule has 1 amide bonds. The van der Waals surface area contributed by atoms with Crippen LogP contribution in [0.2, 0.25) is 0 Å². The average Bonchev–Trinajstić information content (AvgIpc) is 2.61. The Balaban J connectivity index is 2.28. The van der Waals surface area contributed by atoms with Crippen LogP contribution in [0.3, 0.4) is 0 Å². The Morgan fingerprint density at radius 2 is 2.05 bits per heavy atom. The number of carbonyl (C=O) groups is 1. The van der Waals surface area contributed by atoms with Crippen molar-refractivity contribution in [3.05, 3.63) is 24.3 Å². The summed E-state index contributed by atoms with van der Waals surface area (Å²) in [5, 5.41) is 9.26. The van der Waals surface area contributed by atoms with Crippen LogP contribution in [0.1, 0.15) is 13.3 Å². The van der Waals surface area contributed by atoms with Gasteiger partial charge in [-0.1, -0.05) is 19.1 Å². The van der Waals surface area contributed by atoms with E-state index in [0.29, 0.717) is 19.0 Å². The van der Waals surface area contributed by atoms with Gasteiger partial charge in [-0.3, -0.25) is 4.79 Å². The predicted octanol–water partition coefficient (Wildman–Crippen LogP) is 1.06. The summed E-state index contributed by atoms with van der Waals surface area (Å²) in [6.07, 6.45) is 0.289. The first-order valence-corrected chi connectivity index (χ1v) is 7.48. The van der Waals surface area contributed by atoms with Crippen LogP contribution >= 0.6 is 0 Å². The molecule has 116 valence electrons. The molecule has 2 atom stereocenters. The molecular formula is C16H25N3O2. The quantitative estimate of drug-likeness (QED) is 0.870. The van der Waals surface area contributed by atoms with E-state index < -0.39 is 0 Å². The van der Waals surface area contributed by atoms with Crippen molar-refractivity contribution in [2.75, 3.05) is 43.1 Å². The number of aliphatic hydroxyl groups excluding tert-OH is 1. The van der Waals surface area contributed by atoms with Crippen LogP contribution in [0.15, 0.2) is 24.3 Å². The van der Waals surface area contributed by atoms with E-state index in [2.05, 4.69) is 18.9 Å². The fraction of sp³-hybridized carbons (Fsp3) is 0.562. The summed E-state index contributed by atoms with van der Waals surface area (Å²) in [5.74, 6) is 0.256. The summed E-state index contributed by atoms with van der Waals surface area (Å²) in [6, 6.07) is 7.97. The van der Waals surface area contributed by atoms with Gasteiger partial charge in [0.1, 0.15) is 0 Å². The van der Waals surface area contributed by atoms with Crippen molar-refractivity contribution in [3.63, 3.8) is 0 Å². The van der Waals surface area contributed by atoms with Crippen molar-refractivity contribution in [1.82, 2.24) is 0 Å². The molecule has 0 bridgehead atoms. The highest BCUT2D eigenvalue weighted by molar-refractivity contribution is 5.97. The molecule has 0 fully saturated rings. The summed E-state index contributed by atoms with van der Waals surface area (Å²) in [4.78, 5) is 16.7. The Morgan fingerprint density at radius 3 is 2.67 bits per heavy atom. The standard InChI is InChI=1S/C16H25N3O2/c1-12-9-18(2)14-5-3-4-6-15(14)19(10-12)16(21)7-13(8-17)11-20/h3-6,12-13,20H,7-11,17H2,1-2H3. The summed E-state index contributed by atoms with van der Waals surface area (Å²) >= 11 is 0. The fourth-order valence-corrected chi connectivity index (χ4v) is 2.86. The maximum atomic E-state index is 12.6. The van der Waals surface area contributed by atoms with Crippen molar-refractivity contribution in [2.45, 2.75) is 13.3 Å². The van der Waals surface area contributed by atoms with Gasteiger partial charge in [0.15, 0.2) is 0 Å². The van der Waals surface area contributed by atoms with Crippen LogP contribution in [-0.4, -0.2) is 44.3 Å². The highest BCUT2D eigenvalue weighted by Crippen LogP contribution is 2.33. The topological polar surface area (TPSA) is 69.8 Å². The molecule has 1 aliphatic rings. The van der Waals surface area contributed by atoms with Crippen LogP contribution in [0.25, 0.3) is 0 Å². The molecular weight excluding hydrogens is 266 g/mol. The average molecular weight is 291 g/mol. The van der Waals surface area contributed by atoms with Crippen molar-refractivity contribution in [3.8, 4) is 0 Å². The van der Waals surface area contributed by atoms with Crippen molar-refractivity contribution < 1.29 is 9.90 Å². The minimum atomic E-state index is -0.166. The molecule has 0 saturated carbocycles. The first-order chi connectivity index (χ1) is 10.1. The zero-order chi connectivity index (χ0) is 15.4. The molecule has 3 N–H and O–H groups in total. The predicted molar refractivity (Wildman–Crippen MR) is 85.5 cm³/mol. The van der Waals surface area contributed by atoms with E-state index in [1.807, 2.05) is 29.2 Å². The Hall–Kier alpha value is -1.59. The van der Waals surface area contributed by atoms with Crippen molar-refractivity contribution >= 4 is 17.3 Å². The van der Waals surface area contributed by atoms with Crippen LogP contribution in [-0.2, 0) is 4.79 Å². The first kappa shape index (κ1) is 15.8. The van der Waals surface area contributed by atoms with E-state index >= 15 is 0 Å². The maximum Gasteiger partial charge on any atom is 0.227 e. The van der Waals surface area contributed by atoms with E-state index in [0.717, 1.165) is 17.9 Å². The lowest BCUT2D eigenvalue weighted by Crippen LogP contribution is -2.37. The molecule has 0 aliphatic carbocycles. The molecule has 21 heavy (non-hydrogen) atoms. The molecule has 0 radical (unpaired) electrons. The lowest BCUT2D eigenvalue weighted by atomic mass is 10.0. The summed E-state index contributed by atoms with van der Waals surface area (Å²) < 4.78 is 0. The number of anilines is 2. The molecule has 5 nitrogen and oxygen atoms in total. The van der Waals surface area contributed by atoms with Crippen molar-refractivity contribution in [2.24, 2.45) is 17.6 Å². The minimum Gasteiger partial charge on any atom is -0.396 e. The molecule has 0 aromatic heterocycles. The molecule has 1 aromatic carbocycles. The monoisotopic (exact) mass is 291 g/mol. The number of aliphatic hydroxyl groups is 1. The largest absolute Gasteiger partial charge is 0.396 e. The third-order valence-electron chi connectivity index (χ3n) is 4.02. The molecule has 2 unspecified atom stereocenters. The number of rotatable bonds is 4. The Bertz CT molecular complexity index is 488. The van der Waals surface area contributed by atoms with Gasteiger partial charge >= 0.3 is 0 Å². The molecule has 1 aliphatic heterocycles. The van der Waals surface area contributed by atoms with Gasteiger partial charge in [-0.2, -0.15) is 0 Å². The maximum absolute atomic E-state index is 12.6. The fourth-order valence-electron chi connectivity index (χ4n) is 2.86. The molecule has 0 spiro atoms. The number of para-hydroxylation sites is 2. The number of hydrogen-bond acceptors (Lipinski definition) is 4. The van der Waals surface area contributed by atoms with E-state index in [4.69, 9.17) is 5.73 Å². The second kappa shape index (κ2) is 6.91. The van der Waals surface area contributed by atoms with Crippen LogP contribution < -0.4 is 15.5 Å².